The third kappa shape index (κ3) is 1.55. The minimum Gasteiger partial charge on any atom is -0.193 e. The minimum absolute atomic E-state index is 0.787. The SMILES string of the molecule is CC(C#N)=C1c2ccccc2Cc2ccccc21. The molecule has 0 aliphatic heterocycles. The van der Waals surface area contributed by atoms with Crippen molar-refractivity contribution < 1.29 is 0 Å². The molecule has 0 atom stereocenters. The second kappa shape index (κ2) is 4.16. The molecule has 0 unspecified atom stereocenters. The highest BCUT2D eigenvalue weighted by atomic mass is 14.3. The van der Waals surface area contributed by atoms with Gasteiger partial charge in [-0.3, -0.25) is 0 Å². The molecule has 0 aromatic heterocycles. The predicted molar refractivity (Wildman–Crippen MR) is 73.0 cm³/mol. The standard InChI is InChI=1S/C17H13N/c1-12(11-18)17-15-8-4-2-6-13(15)10-14-7-3-5-9-16(14)17/h2-9H,10H2,1H3. The number of hydrogen-bond donors (Lipinski definition) is 0. The van der Waals surface area contributed by atoms with Crippen molar-refractivity contribution in [2.45, 2.75) is 13.3 Å². The molecule has 18 heavy (non-hydrogen) atoms. The Labute approximate surface area is 107 Å². The van der Waals surface area contributed by atoms with E-state index in [9.17, 15) is 5.26 Å². The molecule has 0 fully saturated rings. The molecule has 0 N–H and O–H groups in total. The van der Waals surface area contributed by atoms with Gasteiger partial charge < -0.3 is 0 Å². The zero-order valence-corrected chi connectivity index (χ0v) is 10.3. The Morgan fingerprint density at radius 1 is 0.944 bits per heavy atom. The maximum Gasteiger partial charge on any atom is 0.0950 e. The van der Waals surface area contributed by atoms with E-state index >= 15 is 0 Å². The third-order valence-electron chi connectivity index (χ3n) is 3.50. The van der Waals surface area contributed by atoms with E-state index < -0.39 is 0 Å². The summed E-state index contributed by atoms with van der Waals surface area (Å²) < 4.78 is 0. The Kier molecular flexibility index (Phi) is 2.50. The first-order valence-corrected chi connectivity index (χ1v) is 6.09. The largest absolute Gasteiger partial charge is 0.193 e. The van der Waals surface area contributed by atoms with Gasteiger partial charge in [-0.25, -0.2) is 0 Å². The van der Waals surface area contributed by atoms with Crippen LogP contribution in [0.2, 0.25) is 0 Å². The van der Waals surface area contributed by atoms with Crippen molar-refractivity contribution in [1.82, 2.24) is 0 Å². The monoisotopic (exact) mass is 231 g/mol. The quantitative estimate of drug-likeness (QED) is 0.538. The van der Waals surface area contributed by atoms with E-state index in [1.165, 1.54) is 22.3 Å². The normalized spacial score (nSPS) is 12.3. The van der Waals surface area contributed by atoms with Gasteiger partial charge in [-0.05, 0) is 35.6 Å². The highest BCUT2D eigenvalue weighted by molar-refractivity contribution is 5.88. The van der Waals surface area contributed by atoms with Crippen LogP contribution in [0.5, 0.6) is 0 Å². The molecule has 2 aromatic rings. The molecule has 0 saturated carbocycles. The van der Waals surface area contributed by atoms with E-state index in [1.54, 1.807) is 0 Å². The van der Waals surface area contributed by atoms with E-state index in [2.05, 4.69) is 42.5 Å². The van der Waals surface area contributed by atoms with Gasteiger partial charge in [0.05, 0.1) is 6.07 Å². The number of nitrogens with zero attached hydrogens (tertiary/aromatic N) is 1. The zero-order valence-electron chi connectivity index (χ0n) is 10.3. The van der Waals surface area contributed by atoms with Crippen molar-refractivity contribution in [3.63, 3.8) is 0 Å². The van der Waals surface area contributed by atoms with Gasteiger partial charge in [0.2, 0.25) is 0 Å². The van der Waals surface area contributed by atoms with E-state index in [-0.39, 0.29) is 0 Å². The Morgan fingerprint density at radius 2 is 1.44 bits per heavy atom. The summed E-state index contributed by atoms with van der Waals surface area (Å²) in [6.45, 7) is 1.90. The second-order valence-electron chi connectivity index (χ2n) is 4.60. The second-order valence-corrected chi connectivity index (χ2v) is 4.60. The first-order chi connectivity index (χ1) is 8.81. The molecule has 1 nitrogen and oxygen atoms in total. The molecule has 0 bridgehead atoms. The zero-order chi connectivity index (χ0) is 12.5. The molecule has 0 spiro atoms. The van der Waals surface area contributed by atoms with Gasteiger partial charge in [-0.2, -0.15) is 5.26 Å². The molecule has 1 aliphatic rings. The Bertz CT molecular complexity index is 639. The topological polar surface area (TPSA) is 23.8 Å². The van der Waals surface area contributed by atoms with Crippen LogP contribution in [0, 0.1) is 11.3 Å². The number of allylic oxidation sites excluding steroid dienone is 1. The van der Waals surface area contributed by atoms with Crippen molar-refractivity contribution >= 4 is 5.57 Å². The number of rotatable bonds is 0. The highest BCUT2D eigenvalue weighted by Gasteiger charge is 2.20. The summed E-state index contributed by atoms with van der Waals surface area (Å²) in [6, 6.07) is 19.0. The van der Waals surface area contributed by atoms with Gasteiger partial charge >= 0.3 is 0 Å². The number of fused-ring (bicyclic) bond motifs is 2. The molecule has 2 aromatic carbocycles. The van der Waals surface area contributed by atoms with Crippen molar-refractivity contribution in [2.24, 2.45) is 0 Å². The number of hydrogen-bond acceptors (Lipinski definition) is 1. The van der Waals surface area contributed by atoms with Crippen molar-refractivity contribution in [3.05, 3.63) is 76.4 Å². The summed E-state index contributed by atoms with van der Waals surface area (Å²) in [5.74, 6) is 0. The van der Waals surface area contributed by atoms with Crippen LogP contribution >= 0.6 is 0 Å². The summed E-state index contributed by atoms with van der Waals surface area (Å²) in [5, 5.41) is 9.23. The van der Waals surface area contributed by atoms with Crippen LogP contribution in [0.1, 0.15) is 29.2 Å². The first kappa shape index (κ1) is 10.8. The summed E-state index contributed by atoms with van der Waals surface area (Å²) in [5.41, 5.74) is 6.90. The third-order valence-corrected chi connectivity index (χ3v) is 3.50. The maximum atomic E-state index is 9.23. The smallest absolute Gasteiger partial charge is 0.0950 e. The Morgan fingerprint density at radius 3 is 1.94 bits per heavy atom. The van der Waals surface area contributed by atoms with Crippen LogP contribution in [0.15, 0.2) is 54.1 Å². The molecule has 86 valence electrons. The van der Waals surface area contributed by atoms with Crippen LogP contribution in [-0.2, 0) is 6.42 Å². The van der Waals surface area contributed by atoms with Gasteiger partial charge in [0.25, 0.3) is 0 Å². The summed E-state index contributed by atoms with van der Waals surface area (Å²) >= 11 is 0. The molecule has 1 heteroatoms. The van der Waals surface area contributed by atoms with Crippen molar-refractivity contribution in [2.75, 3.05) is 0 Å². The van der Waals surface area contributed by atoms with Crippen molar-refractivity contribution in [1.29, 1.82) is 5.26 Å². The average molecular weight is 231 g/mol. The minimum atomic E-state index is 0.787. The van der Waals surface area contributed by atoms with E-state index in [0.717, 1.165) is 17.6 Å². The van der Waals surface area contributed by atoms with Gasteiger partial charge in [0.1, 0.15) is 0 Å². The van der Waals surface area contributed by atoms with Gasteiger partial charge in [-0.15, -0.1) is 0 Å². The van der Waals surface area contributed by atoms with E-state index in [4.69, 9.17) is 0 Å². The first-order valence-electron chi connectivity index (χ1n) is 6.09. The molecule has 1 aliphatic carbocycles. The fourth-order valence-electron chi connectivity index (χ4n) is 2.65. The molecule has 0 heterocycles. The molecule has 3 rings (SSSR count). The molecule has 0 amide bonds. The van der Waals surface area contributed by atoms with Crippen LogP contribution in [-0.4, -0.2) is 0 Å². The van der Waals surface area contributed by atoms with Crippen LogP contribution < -0.4 is 0 Å². The van der Waals surface area contributed by atoms with Crippen molar-refractivity contribution in [3.8, 4) is 6.07 Å². The van der Waals surface area contributed by atoms with Gasteiger partial charge in [0, 0.05) is 11.1 Å². The fourth-order valence-corrected chi connectivity index (χ4v) is 2.65. The maximum absolute atomic E-state index is 9.23. The lowest BCUT2D eigenvalue weighted by atomic mass is 9.80. The number of benzene rings is 2. The summed E-state index contributed by atoms with van der Waals surface area (Å²) in [4.78, 5) is 0. The number of nitriles is 1. The van der Waals surface area contributed by atoms with Gasteiger partial charge in [-0.1, -0.05) is 48.5 Å². The van der Waals surface area contributed by atoms with E-state index in [1.807, 2.05) is 19.1 Å². The summed E-state index contributed by atoms with van der Waals surface area (Å²) in [6.07, 6.45) is 0.953. The average Bonchev–Trinajstić information content (AvgIpc) is 2.44. The fraction of sp³-hybridized carbons (Fsp3) is 0.118. The lowest BCUT2D eigenvalue weighted by molar-refractivity contribution is 1.13. The molecule has 0 saturated heterocycles. The Hall–Kier alpha value is -2.33. The molecular weight excluding hydrogens is 218 g/mol. The predicted octanol–water partition coefficient (Wildman–Crippen LogP) is 3.94. The lowest BCUT2D eigenvalue weighted by Gasteiger charge is -2.23. The highest BCUT2D eigenvalue weighted by Crippen LogP contribution is 2.37. The van der Waals surface area contributed by atoms with Crippen LogP contribution in [0.4, 0.5) is 0 Å². The van der Waals surface area contributed by atoms with E-state index in [0.29, 0.717) is 0 Å². The van der Waals surface area contributed by atoms with Crippen LogP contribution in [0.25, 0.3) is 5.57 Å². The lowest BCUT2D eigenvalue weighted by Crippen LogP contribution is -2.07. The Balaban J connectivity index is 2.36. The summed E-state index contributed by atoms with van der Waals surface area (Å²) in [7, 11) is 0. The van der Waals surface area contributed by atoms with Gasteiger partial charge in [0.15, 0.2) is 0 Å². The molecule has 0 radical (unpaired) electrons. The van der Waals surface area contributed by atoms with Crippen LogP contribution in [0.3, 0.4) is 0 Å². The molecular formula is C17H13N.